The molecular formula is C22H26N2O3S2. The molecule has 1 amide bonds. The summed E-state index contributed by atoms with van der Waals surface area (Å²) < 4.78 is 14.3. The quantitative estimate of drug-likeness (QED) is 0.500. The van der Waals surface area contributed by atoms with E-state index < -0.39 is 0 Å². The van der Waals surface area contributed by atoms with Crippen LogP contribution in [0.1, 0.15) is 19.4 Å². The van der Waals surface area contributed by atoms with Gasteiger partial charge in [0.25, 0.3) is 5.91 Å². The Labute approximate surface area is 179 Å². The summed E-state index contributed by atoms with van der Waals surface area (Å²) in [4.78, 5) is 17.8. The molecule has 0 radical (unpaired) electrons. The van der Waals surface area contributed by atoms with Crippen molar-refractivity contribution in [1.82, 2.24) is 4.57 Å². The Kier molecular flexibility index (Phi) is 7.77. The second-order valence-corrected chi connectivity index (χ2v) is 8.35. The fraction of sp³-hybridized carbons (Fsp3) is 0.364. The van der Waals surface area contributed by atoms with E-state index in [4.69, 9.17) is 9.47 Å². The van der Waals surface area contributed by atoms with E-state index in [-0.39, 0.29) is 12.3 Å². The Bertz CT molecular complexity index is 1020. The van der Waals surface area contributed by atoms with Crippen molar-refractivity contribution in [3.63, 3.8) is 0 Å². The molecule has 154 valence electrons. The van der Waals surface area contributed by atoms with Crippen molar-refractivity contribution in [3.8, 4) is 11.5 Å². The van der Waals surface area contributed by atoms with Gasteiger partial charge >= 0.3 is 0 Å². The third kappa shape index (κ3) is 5.64. The number of fused-ring (bicyclic) bond motifs is 1. The molecular weight excluding hydrogens is 404 g/mol. The standard InChI is InChI=1S/C22H26N2O3S2/c1-4-26-17-8-6-16(7-9-17)14-21(25)23-22-24(12-13-28-3)19-11-10-18(27-5-2)15-20(19)29-22/h6-11,15H,4-5,12-14H2,1-3H3. The Hall–Kier alpha value is -2.25. The summed E-state index contributed by atoms with van der Waals surface area (Å²) in [6, 6.07) is 13.7. The van der Waals surface area contributed by atoms with E-state index in [1.54, 1.807) is 11.8 Å². The molecule has 0 bridgehead atoms. The predicted octanol–water partition coefficient (Wildman–Crippen LogP) is 4.53. The molecule has 2 aromatic carbocycles. The first-order chi connectivity index (χ1) is 14.1. The highest BCUT2D eigenvalue weighted by Gasteiger charge is 2.10. The SMILES string of the molecule is CCOc1ccc(CC(=O)N=c2sc3cc(OCC)ccc3n2CCSC)cc1. The summed E-state index contributed by atoms with van der Waals surface area (Å²) in [5.41, 5.74) is 2.01. The van der Waals surface area contributed by atoms with Gasteiger partial charge in [0.15, 0.2) is 4.80 Å². The highest BCUT2D eigenvalue weighted by atomic mass is 32.2. The Balaban J connectivity index is 1.88. The van der Waals surface area contributed by atoms with Crippen LogP contribution < -0.4 is 14.3 Å². The van der Waals surface area contributed by atoms with Gasteiger partial charge in [-0.1, -0.05) is 23.5 Å². The summed E-state index contributed by atoms with van der Waals surface area (Å²) >= 11 is 3.30. The first-order valence-electron chi connectivity index (χ1n) is 9.69. The van der Waals surface area contributed by atoms with Crippen molar-refractivity contribution in [3.05, 3.63) is 52.8 Å². The first kappa shape index (κ1) is 21.5. The summed E-state index contributed by atoms with van der Waals surface area (Å²) in [5.74, 6) is 2.46. The maximum Gasteiger partial charge on any atom is 0.252 e. The largest absolute Gasteiger partial charge is 0.494 e. The van der Waals surface area contributed by atoms with Crippen LogP contribution in [0.3, 0.4) is 0 Å². The molecule has 0 saturated heterocycles. The molecule has 0 N–H and O–H groups in total. The number of carbonyl (C=O) groups excluding carboxylic acids is 1. The number of amides is 1. The predicted molar refractivity (Wildman–Crippen MR) is 121 cm³/mol. The van der Waals surface area contributed by atoms with Crippen LogP contribution in [0.25, 0.3) is 10.2 Å². The van der Waals surface area contributed by atoms with E-state index in [9.17, 15) is 4.79 Å². The zero-order valence-electron chi connectivity index (χ0n) is 17.0. The number of benzene rings is 2. The molecule has 0 saturated carbocycles. The van der Waals surface area contributed by atoms with E-state index in [1.807, 2.05) is 56.3 Å². The molecule has 0 aliphatic rings. The zero-order valence-corrected chi connectivity index (χ0v) is 18.6. The lowest BCUT2D eigenvalue weighted by molar-refractivity contribution is -0.117. The summed E-state index contributed by atoms with van der Waals surface area (Å²) in [6.45, 7) is 5.98. The average Bonchev–Trinajstić information content (AvgIpc) is 3.04. The van der Waals surface area contributed by atoms with E-state index in [0.717, 1.165) is 44.4 Å². The van der Waals surface area contributed by atoms with Gasteiger partial charge in [0, 0.05) is 12.3 Å². The van der Waals surface area contributed by atoms with Gasteiger partial charge in [0.2, 0.25) is 0 Å². The smallest absolute Gasteiger partial charge is 0.252 e. The Morgan fingerprint density at radius 1 is 1.07 bits per heavy atom. The van der Waals surface area contributed by atoms with E-state index >= 15 is 0 Å². The van der Waals surface area contributed by atoms with Crippen molar-refractivity contribution in [2.24, 2.45) is 4.99 Å². The van der Waals surface area contributed by atoms with Crippen LogP contribution in [0.5, 0.6) is 11.5 Å². The lowest BCUT2D eigenvalue weighted by atomic mass is 10.1. The third-order valence-corrected chi connectivity index (χ3v) is 5.93. The lowest BCUT2D eigenvalue weighted by Gasteiger charge is -2.06. The monoisotopic (exact) mass is 430 g/mol. The van der Waals surface area contributed by atoms with E-state index in [2.05, 4.69) is 15.8 Å². The second kappa shape index (κ2) is 10.5. The van der Waals surface area contributed by atoms with Gasteiger partial charge in [-0.05, 0) is 56.0 Å². The molecule has 0 atom stereocenters. The summed E-state index contributed by atoms with van der Waals surface area (Å²) in [5, 5.41) is 0. The van der Waals surface area contributed by atoms with Gasteiger partial charge in [-0.25, -0.2) is 0 Å². The lowest BCUT2D eigenvalue weighted by Crippen LogP contribution is -2.18. The van der Waals surface area contributed by atoms with Gasteiger partial charge in [-0.15, -0.1) is 0 Å². The number of hydrogen-bond acceptors (Lipinski definition) is 5. The van der Waals surface area contributed by atoms with Gasteiger partial charge in [-0.3, -0.25) is 4.79 Å². The molecule has 1 heterocycles. The van der Waals surface area contributed by atoms with Crippen LogP contribution in [0, 0.1) is 0 Å². The van der Waals surface area contributed by atoms with Crippen molar-refractivity contribution < 1.29 is 14.3 Å². The highest BCUT2D eigenvalue weighted by molar-refractivity contribution is 7.98. The number of rotatable bonds is 9. The minimum absolute atomic E-state index is 0.149. The van der Waals surface area contributed by atoms with Gasteiger partial charge in [-0.2, -0.15) is 16.8 Å². The first-order valence-corrected chi connectivity index (χ1v) is 11.9. The number of nitrogens with zero attached hydrogens (tertiary/aromatic N) is 2. The topological polar surface area (TPSA) is 52.8 Å². The molecule has 0 unspecified atom stereocenters. The fourth-order valence-electron chi connectivity index (χ4n) is 2.98. The molecule has 3 aromatic rings. The summed E-state index contributed by atoms with van der Waals surface area (Å²) in [6.07, 6.45) is 2.35. The third-order valence-electron chi connectivity index (χ3n) is 4.29. The molecule has 29 heavy (non-hydrogen) atoms. The Morgan fingerprint density at radius 3 is 2.45 bits per heavy atom. The molecule has 0 aliphatic heterocycles. The number of thiazole rings is 1. The van der Waals surface area contributed by atoms with Crippen LogP contribution >= 0.6 is 23.1 Å². The molecule has 0 spiro atoms. The maximum absolute atomic E-state index is 12.6. The number of carbonyl (C=O) groups is 1. The fourth-order valence-corrected chi connectivity index (χ4v) is 4.45. The number of aryl methyl sites for hydroxylation is 1. The Morgan fingerprint density at radius 2 is 1.76 bits per heavy atom. The number of aromatic nitrogens is 1. The molecule has 0 aliphatic carbocycles. The zero-order chi connectivity index (χ0) is 20.6. The number of ether oxygens (including phenoxy) is 2. The van der Waals surface area contributed by atoms with Crippen LogP contribution in [-0.4, -0.2) is 35.7 Å². The maximum atomic E-state index is 12.6. The minimum Gasteiger partial charge on any atom is -0.494 e. The molecule has 5 nitrogen and oxygen atoms in total. The average molecular weight is 431 g/mol. The molecule has 1 aromatic heterocycles. The summed E-state index contributed by atoms with van der Waals surface area (Å²) in [7, 11) is 0. The van der Waals surface area contributed by atoms with Crippen molar-refractivity contribution in [2.75, 3.05) is 25.2 Å². The number of hydrogen-bond donors (Lipinski definition) is 0. The van der Waals surface area contributed by atoms with Crippen LogP contribution in [0.2, 0.25) is 0 Å². The molecule has 3 rings (SSSR count). The van der Waals surface area contributed by atoms with E-state index in [1.165, 1.54) is 11.3 Å². The van der Waals surface area contributed by atoms with Crippen LogP contribution in [0.4, 0.5) is 0 Å². The normalized spacial score (nSPS) is 11.8. The van der Waals surface area contributed by atoms with Gasteiger partial charge in [0.05, 0.1) is 29.9 Å². The van der Waals surface area contributed by atoms with Crippen LogP contribution in [0.15, 0.2) is 47.5 Å². The van der Waals surface area contributed by atoms with Crippen molar-refractivity contribution >= 4 is 39.2 Å². The van der Waals surface area contributed by atoms with Crippen LogP contribution in [-0.2, 0) is 17.8 Å². The van der Waals surface area contributed by atoms with Gasteiger partial charge in [0.1, 0.15) is 11.5 Å². The molecule has 0 fully saturated rings. The van der Waals surface area contributed by atoms with E-state index in [0.29, 0.717) is 13.2 Å². The second-order valence-electron chi connectivity index (χ2n) is 6.35. The van der Waals surface area contributed by atoms with Crippen molar-refractivity contribution in [1.29, 1.82) is 0 Å². The number of thioether (sulfide) groups is 1. The van der Waals surface area contributed by atoms with Gasteiger partial charge < -0.3 is 14.0 Å². The molecule has 7 heteroatoms. The highest BCUT2D eigenvalue weighted by Crippen LogP contribution is 2.24. The minimum atomic E-state index is -0.149. The van der Waals surface area contributed by atoms with Crippen molar-refractivity contribution in [2.45, 2.75) is 26.8 Å².